The van der Waals surface area contributed by atoms with E-state index in [4.69, 9.17) is 0 Å². The SMILES string of the molecule is Cc1ccc(CN2CCC(CNc3ccc4nnnn4n3)CC2)cc1. The molecule has 3 heterocycles. The van der Waals surface area contributed by atoms with Crippen LogP contribution in [-0.4, -0.2) is 49.8 Å². The highest BCUT2D eigenvalue weighted by Gasteiger charge is 2.19. The van der Waals surface area contributed by atoms with Crippen LogP contribution in [0.4, 0.5) is 5.82 Å². The van der Waals surface area contributed by atoms with Crippen molar-refractivity contribution in [1.82, 2.24) is 30.2 Å². The molecule has 25 heavy (non-hydrogen) atoms. The van der Waals surface area contributed by atoms with Gasteiger partial charge in [-0.05, 0) is 66.9 Å². The minimum atomic E-state index is 0.662. The average molecular weight is 337 g/mol. The Morgan fingerprint density at radius 2 is 1.88 bits per heavy atom. The number of nitrogens with zero attached hydrogens (tertiary/aromatic N) is 6. The third kappa shape index (κ3) is 3.93. The van der Waals surface area contributed by atoms with Crippen molar-refractivity contribution in [2.45, 2.75) is 26.3 Å². The summed E-state index contributed by atoms with van der Waals surface area (Å²) in [6.45, 7) is 6.44. The molecule has 0 amide bonds. The quantitative estimate of drug-likeness (QED) is 0.769. The molecule has 0 bridgehead atoms. The molecule has 0 spiro atoms. The Balaban J connectivity index is 1.25. The van der Waals surface area contributed by atoms with Crippen molar-refractivity contribution in [1.29, 1.82) is 0 Å². The van der Waals surface area contributed by atoms with Crippen LogP contribution in [0.25, 0.3) is 5.65 Å². The molecule has 1 aliphatic heterocycles. The lowest BCUT2D eigenvalue weighted by molar-refractivity contribution is 0.182. The molecule has 1 aliphatic rings. The standard InChI is InChI=1S/C18H23N7/c1-14-2-4-16(5-3-14)13-24-10-8-15(9-11-24)12-19-17-6-7-18-20-22-23-25(18)21-17/h2-7,15H,8-13H2,1H3,(H,19,21). The van der Waals surface area contributed by atoms with Crippen molar-refractivity contribution in [2.24, 2.45) is 5.92 Å². The van der Waals surface area contributed by atoms with Crippen LogP contribution in [-0.2, 0) is 6.54 Å². The van der Waals surface area contributed by atoms with E-state index >= 15 is 0 Å². The van der Waals surface area contributed by atoms with Crippen molar-refractivity contribution in [3.05, 3.63) is 47.5 Å². The highest BCUT2D eigenvalue weighted by Crippen LogP contribution is 2.19. The third-order valence-electron chi connectivity index (χ3n) is 4.88. The number of benzene rings is 1. The molecule has 1 saturated heterocycles. The number of nitrogens with one attached hydrogen (secondary N) is 1. The molecule has 130 valence electrons. The van der Waals surface area contributed by atoms with Gasteiger partial charge in [0.15, 0.2) is 5.65 Å². The van der Waals surface area contributed by atoms with E-state index in [-0.39, 0.29) is 0 Å². The number of hydrogen-bond acceptors (Lipinski definition) is 6. The van der Waals surface area contributed by atoms with E-state index in [9.17, 15) is 0 Å². The van der Waals surface area contributed by atoms with E-state index < -0.39 is 0 Å². The van der Waals surface area contributed by atoms with Gasteiger partial charge in [-0.2, -0.15) is 0 Å². The molecule has 7 heteroatoms. The number of hydrogen-bond donors (Lipinski definition) is 1. The van der Waals surface area contributed by atoms with Gasteiger partial charge in [-0.3, -0.25) is 4.90 Å². The fourth-order valence-corrected chi connectivity index (χ4v) is 3.29. The van der Waals surface area contributed by atoms with Gasteiger partial charge in [-0.1, -0.05) is 29.8 Å². The summed E-state index contributed by atoms with van der Waals surface area (Å²) in [5.74, 6) is 1.50. The largest absolute Gasteiger partial charge is 0.368 e. The second kappa shape index (κ2) is 7.14. The molecule has 0 unspecified atom stereocenters. The lowest BCUT2D eigenvalue weighted by Gasteiger charge is -2.32. The van der Waals surface area contributed by atoms with Gasteiger partial charge in [0.25, 0.3) is 0 Å². The smallest absolute Gasteiger partial charge is 0.200 e. The summed E-state index contributed by atoms with van der Waals surface area (Å²) in [6, 6.07) is 12.7. The molecule has 2 aromatic heterocycles. The summed E-state index contributed by atoms with van der Waals surface area (Å²) in [7, 11) is 0. The Morgan fingerprint density at radius 1 is 1.08 bits per heavy atom. The van der Waals surface area contributed by atoms with Crippen LogP contribution in [0.1, 0.15) is 24.0 Å². The molecule has 0 aliphatic carbocycles. The van der Waals surface area contributed by atoms with Gasteiger partial charge in [0.2, 0.25) is 0 Å². The van der Waals surface area contributed by atoms with E-state index in [1.165, 1.54) is 28.6 Å². The Kier molecular flexibility index (Phi) is 4.56. The number of likely N-dealkylation sites (tertiary alicyclic amines) is 1. The molecular weight excluding hydrogens is 314 g/mol. The van der Waals surface area contributed by atoms with Crippen LogP contribution in [0, 0.1) is 12.8 Å². The highest BCUT2D eigenvalue weighted by atomic mass is 15.6. The Hall–Kier alpha value is -2.54. The van der Waals surface area contributed by atoms with Gasteiger partial charge in [0.1, 0.15) is 5.82 Å². The number of tetrazole rings is 1. The first-order valence-electron chi connectivity index (χ1n) is 8.83. The predicted octanol–water partition coefficient (Wildman–Crippen LogP) is 2.15. The molecule has 0 radical (unpaired) electrons. The van der Waals surface area contributed by atoms with Crippen molar-refractivity contribution in [3.63, 3.8) is 0 Å². The molecule has 7 nitrogen and oxygen atoms in total. The summed E-state index contributed by atoms with van der Waals surface area (Å²) >= 11 is 0. The van der Waals surface area contributed by atoms with Crippen LogP contribution < -0.4 is 5.32 Å². The van der Waals surface area contributed by atoms with Crippen molar-refractivity contribution in [2.75, 3.05) is 25.0 Å². The van der Waals surface area contributed by atoms with Crippen molar-refractivity contribution < 1.29 is 0 Å². The second-order valence-electron chi connectivity index (χ2n) is 6.83. The van der Waals surface area contributed by atoms with Gasteiger partial charge < -0.3 is 5.32 Å². The number of aromatic nitrogens is 5. The number of fused-ring (bicyclic) bond motifs is 1. The van der Waals surface area contributed by atoms with E-state index in [0.717, 1.165) is 32.0 Å². The van der Waals surface area contributed by atoms with E-state index in [1.807, 2.05) is 12.1 Å². The zero-order valence-electron chi connectivity index (χ0n) is 14.5. The fraction of sp³-hybridized carbons (Fsp3) is 0.444. The fourth-order valence-electron chi connectivity index (χ4n) is 3.29. The van der Waals surface area contributed by atoms with Crippen molar-refractivity contribution in [3.8, 4) is 0 Å². The topological polar surface area (TPSA) is 71.2 Å². The minimum Gasteiger partial charge on any atom is -0.368 e. The number of rotatable bonds is 5. The molecule has 0 atom stereocenters. The summed E-state index contributed by atoms with van der Waals surface area (Å²) < 4.78 is 1.45. The van der Waals surface area contributed by atoms with Crippen LogP contribution in [0.3, 0.4) is 0 Å². The maximum absolute atomic E-state index is 4.36. The summed E-state index contributed by atoms with van der Waals surface area (Å²) in [6.07, 6.45) is 2.43. The van der Waals surface area contributed by atoms with E-state index in [0.29, 0.717) is 11.6 Å². The molecular formula is C18H23N7. The molecule has 0 saturated carbocycles. The summed E-state index contributed by atoms with van der Waals surface area (Å²) in [5.41, 5.74) is 3.39. The Labute approximate surface area is 147 Å². The first kappa shape index (κ1) is 16.0. The zero-order valence-corrected chi connectivity index (χ0v) is 14.5. The summed E-state index contributed by atoms with van der Waals surface area (Å²) in [5, 5.41) is 19.1. The normalized spacial score (nSPS) is 16.4. The van der Waals surface area contributed by atoms with Gasteiger partial charge in [-0.25, -0.2) is 0 Å². The molecule has 1 N–H and O–H groups in total. The van der Waals surface area contributed by atoms with Gasteiger partial charge in [-0.15, -0.1) is 14.8 Å². The third-order valence-corrected chi connectivity index (χ3v) is 4.88. The Morgan fingerprint density at radius 3 is 2.68 bits per heavy atom. The number of anilines is 1. The summed E-state index contributed by atoms with van der Waals surface area (Å²) in [4.78, 5) is 2.55. The lowest BCUT2D eigenvalue weighted by Crippen LogP contribution is -2.35. The van der Waals surface area contributed by atoms with E-state index in [1.54, 1.807) is 0 Å². The maximum atomic E-state index is 4.36. The highest BCUT2D eigenvalue weighted by molar-refractivity contribution is 5.42. The Bertz CT molecular complexity index is 819. The average Bonchev–Trinajstić information content (AvgIpc) is 3.11. The second-order valence-corrected chi connectivity index (χ2v) is 6.83. The van der Waals surface area contributed by atoms with Crippen molar-refractivity contribution >= 4 is 11.5 Å². The van der Waals surface area contributed by atoms with Crippen LogP contribution in [0.15, 0.2) is 36.4 Å². The van der Waals surface area contributed by atoms with Gasteiger partial charge >= 0.3 is 0 Å². The van der Waals surface area contributed by atoms with Gasteiger partial charge in [0, 0.05) is 13.1 Å². The number of aryl methyl sites for hydroxylation is 1. The maximum Gasteiger partial charge on any atom is 0.200 e. The zero-order chi connectivity index (χ0) is 17.1. The first-order valence-corrected chi connectivity index (χ1v) is 8.83. The number of piperidine rings is 1. The van der Waals surface area contributed by atoms with Gasteiger partial charge in [0.05, 0.1) is 0 Å². The van der Waals surface area contributed by atoms with Crippen LogP contribution in [0.2, 0.25) is 0 Å². The van der Waals surface area contributed by atoms with Crippen LogP contribution >= 0.6 is 0 Å². The molecule has 4 rings (SSSR count). The predicted molar refractivity (Wildman–Crippen MR) is 96.2 cm³/mol. The minimum absolute atomic E-state index is 0.662. The monoisotopic (exact) mass is 337 g/mol. The lowest BCUT2D eigenvalue weighted by atomic mass is 9.96. The molecule has 1 aromatic carbocycles. The molecule has 3 aromatic rings. The van der Waals surface area contributed by atoms with Crippen LogP contribution in [0.5, 0.6) is 0 Å². The molecule has 1 fully saturated rings. The first-order chi connectivity index (χ1) is 12.3. The van der Waals surface area contributed by atoms with E-state index in [2.05, 4.69) is 62.0 Å².